The van der Waals surface area contributed by atoms with Crippen LogP contribution in [0.3, 0.4) is 0 Å². The van der Waals surface area contributed by atoms with Gasteiger partial charge in [0.2, 0.25) is 0 Å². The molecule has 0 amide bonds. The van der Waals surface area contributed by atoms with E-state index < -0.39 is 0 Å². The SMILES string of the molecule is CN(c1ccccc1)C(/C=C/c1ccccc1)CO. The fourth-order valence-electron chi connectivity index (χ4n) is 1.95. The van der Waals surface area contributed by atoms with Crippen LogP contribution in [-0.4, -0.2) is 24.8 Å². The second-order valence-electron chi connectivity index (χ2n) is 4.47. The lowest BCUT2D eigenvalue weighted by atomic mass is 10.1. The van der Waals surface area contributed by atoms with Gasteiger partial charge in [-0.25, -0.2) is 0 Å². The highest BCUT2D eigenvalue weighted by atomic mass is 16.3. The number of hydrogen-bond donors (Lipinski definition) is 1. The molecule has 2 aromatic carbocycles. The van der Waals surface area contributed by atoms with Crippen LogP contribution in [0.1, 0.15) is 5.56 Å². The van der Waals surface area contributed by atoms with Crippen molar-refractivity contribution in [2.45, 2.75) is 6.04 Å². The van der Waals surface area contributed by atoms with E-state index in [0.717, 1.165) is 11.3 Å². The molecule has 0 heterocycles. The highest BCUT2D eigenvalue weighted by molar-refractivity contribution is 5.53. The number of aliphatic hydroxyl groups is 1. The third-order valence-corrected chi connectivity index (χ3v) is 3.16. The third-order valence-electron chi connectivity index (χ3n) is 3.16. The standard InChI is InChI=1S/C17H19NO/c1-18(16-10-6-3-7-11-16)17(14-19)13-12-15-8-4-2-5-9-15/h2-13,17,19H,14H2,1H3/b13-12+. The summed E-state index contributed by atoms with van der Waals surface area (Å²) in [5, 5.41) is 9.54. The second-order valence-corrected chi connectivity index (χ2v) is 4.47. The summed E-state index contributed by atoms with van der Waals surface area (Å²) in [7, 11) is 1.99. The van der Waals surface area contributed by atoms with Gasteiger partial charge in [-0.05, 0) is 17.7 Å². The monoisotopic (exact) mass is 253 g/mol. The molecule has 98 valence electrons. The Hall–Kier alpha value is -2.06. The molecule has 0 spiro atoms. The molecule has 2 heteroatoms. The van der Waals surface area contributed by atoms with E-state index in [9.17, 15) is 5.11 Å². The molecular formula is C17H19NO. The van der Waals surface area contributed by atoms with E-state index >= 15 is 0 Å². The largest absolute Gasteiger partial charge is 0.394 e. The van der Waals surface area contributed by atoms with Crippen molar-refractivity contribution in [2.75, 3.05) is 18.6 Å². The van der Waals surface area contributed by atoms with E-state index in [1.54, 1.807) is 0 Å². The van der Waals surface area contributed by atoms with Crippen LogP contribution in [0.25, 0.3) is 6.08 Å². The van der Waals surface area contributed by atoms with E-state index in [-0.39, 0.29) is 12.6 Å². The van der Waals surface area contributed by atoms with Crippen LogP contribution < -0.4 is 4.90 Å². The van der Waals surface area contributed by atoms with Crippen molar-refractivity contribution in [3.05, 3.63) is 72.3 Å². The molecule has 1 N–H and O–H groups in total. The molecule has 0 aliphatic carbocycles. The van der Waals surface area contributed by atoms with Gasteiger partial charge in [0.1, 0.15) is 0 Å². The van der Waals surface area contributed by atoms with Gasteiger partial charge in [-0.3, -0.25) is 0 Å². The van der Waals surface area contributed by atoms with Gasteiger partial charge in [-0.15, -0.1) is 0 Å². The number of anilines is 1. The van der Waals surface area contributed by atoms with Crippen LogP contribution in [0.2, 0.25) is 0 Å². The molecule has 0 radical (unpaired) electrons. The van der Waals surface area contributed by atoms with Crippen molar-refractivity contribution in [1.82, 2.24) is 0 Å². The molecule has 1 atom stereocenters. The number of benzene rings is 2. The van der Waals surface area contributed by atoms with Crippen molar-refractivity contribution in [3.8, 4) is 0 Å². The summed E-state index contributed by atoms with van der Waals surface area (Å²) < 4.78 is 0. The van der Waals surface area contributed by atoms with Gasteiger partial charge in [0.05, 0.1) is 12.6 Å². The van der Waals surface area contributed by atoms with Gasteiger partial charge in [-0.2, -0.15) is 0 Å². The lowest BCUT2D eigenvalue weighted by Gasteiger charge is -2.26. The fraction of sp³-hybridized carbons (Fsp3) is 0.176. The highest BCUT2D eigenvalue weighted by Crippen LogP contribution is 2.15. The number of likely N-dealkylation sites (N-methyl/N-ethyl adjacent to an activating group) is 1. The average Bonchev–Trinajstić information content (AvgIpc) is 2.49. The Labute approximate surface area is 114 Å². The van der Waals surface area contributed by atoms with Gasteiger partial charge in [0.15, 0.2) is 0 Å². The van der Waals surface area contributed by atoms with Gasteiger partial charge in [0, 0.05) is 12.7 Å². The van der Waals surface area contributed by atoms with Gasteiger partial charge in [0.25, 0.3) is 0 Å². The maximum atomic E-state index is 9.54. The lowest BCUT2D eigenvalue weighted by Crippen LogP contribution is -2.32. The number of rotatable bonds is 5. The number of aliphatic hydroxyl groups excluding tert-OH is 1. The topological polar surface area (TPSA) is 23.5 Å². The summed E-state index contributed by atoms with van der Waals surface area (Å²) in [6, 6.07) is 20.2. The molecular weight excluding hydrogens is 234 g/mol. The number of para-hydroxylation sites is 1. The predicted octanol–water partition coefficient (Wildman–Crippen LogP) is 3.20. The Balaban J connectivity index is 2.10. The minimum atomic E-state index is -0.0254. The Morgan fingerprint density at radius 1 is 1.00 bits per heavy atom. The summed E-state index contributed by atoms with van der Waals surface area (Å²) in [4.78, 5) is 2.07. The second kappa shape index (κ2) is 6.76. The first-order valence-electron chi connectivity index (χ1n) is 6.43. The number of hydrogen-bond acceptors (Lipinski definition) is 2. The Kier molecular flexibility index (Phi) is 4.76. The smallest absolute Gasteiger partial charge is 0.0704 e. The molecule has 0 aliphatic heterocycles. The van der Waals surface area contributed by atoms with E-state index in [2.05, 4.69) is 4.90 Å². The lowest BCUT2D eigenvalue weighted by molar-refractivity contribution is 0.281. The zero-order chi connectivity index (χ0) is 13.5. The van der Waals surface area contributed by atoms with Crippen LogP contribution in [0.15, 0.2) is 66.7 Å². The minimum Gasteiger partial charge on any atom is -0.394 e. The van der Waals surface area contributed by atoms with E-state index in [4.69, 9.17) is 0 Å². The minimum absolute atomic E-state index is 0.0254. The number of nitrogens with zero attached hydrogens (tertiary/aromatic N) is 1. The molecule has 0 bridgehead atoms. The summed E-state index contributed by atoms with van der Waals surface area (Å²) in [5.74, 6) is 0. The molecule has 0 aromatic heterocycles. The Morgan fingerprint density at radius 3 is 2.16 bits per heavy atom. The zero-order valence-corrected chi connectivity index (χ0v) is 11.1. The van der Waals surface area contributed by atoms with Crippen LogP contribution in [-0.2, 0) is 0 Å². The van der Waals surface area contributed by atoms with Crippen LogP contribution in [0.5, 0.6) is 0 Å². The van der Waals surface area contributed by atoms with Crippen molar-refractivity contribution in [2.24, 2.45) is 0 Å². The molecule has 2 rings (SSSR count). The average molecular weight is 253 g/mol. The van der Waals surface area contributed by atoms with Gasteiger partial charge < -0.3 is 10.0 Å². The Bertz CT molecular complexity index is 507. The normalized spacial score (nSPS) is 12.5. The maximum Gasteiger partial charge on any atom is 0.0704 e. The molecule has 0 aliphatic rings. The van der Waals surface area contributed by atoms with Crippen LogP contribution in [0, 0.1) is 0 Å². The van der Waals surface area contributed by atoms with E-state index in [1.165, 1.54) is 0 Å². The quantitative estimate of drug-likeness (QED) is 0.884. The molecule has 2 aromatic rings. The molecule has 0 saturated heterocycles. The molecule has 0 fully saturated rings. The molecule has 1 unspecified atom stereocenters. The first-order chi connectivity index (χ1) is 9.31. The Morgan fingerprint density at radius 2 is 1.58 bits per heavy atom. The van der Waals surface area contributed by atoms with Gasteiger partial charge in [-0.1, -0.05) is 60.7 Å². The third kappa shape index (κ3) is 3.70. The summed E-state index contributed by atoms with van der Waals surface area (Å²) in [5.41, 5.74) is 2.24. The predicted molar refractivity (Wildman–Crippen MR) is 81.2 cm³/mol. The van der Waals surface area contributed by atoms with Crippen LogP contribution in [0.4, 0.5) is 5.69 Å². The molecule has 2 nitrogen and oxygen atoms in total. The summed E-state index contributed by atoms with van der Waals surface area (Å²) >= 11 is 0. The van der Waals surface area contributed by atoms with E-state index in [0.29, 0.717) is 0 Å². The first kappa shape index (κ1) is 13.4. The fourth-order valence-corrected chi connectivity index (χ4v) is 1.95. The first-order valence-corrected chi connectivity index (χ1v) is 6.43. The molecule has 19 heavy (non-hydrogen) atoms. The maximum absolute atomic E-state index is 9.54. The van der Waals surface area contributed by atoms with Crippen LogP contribution >= 0.6 is 0 Å². The molecule has 0 saturated carbocycles. The van der Waals surface area contributed by atoms with Gasteiger partial charge >= 0.3 is 0 Å². The van der Waals surface area contributed by atoms with Crippen molar-refractivity contribution in [3.63, 3.8) is 0 Å². The zero-order valence-electron chi connectivity index (χ0n) is 11.1. The summed E-state index contributed by atoms with van der Waals surface area (Å²) in [6.07, 6.45) is 4.07. The summed E-state index contributed by atoms with van der Waals surface area (Å²) in [6.45, 7) is 0.0920. The van der Waals surface area contributed by atoms with E-state index in [1.807, 2.05) is 79.9 Å². The highest BCUT2D eigenvalue weighted by Gasteiger charge is 2.10. The van der Waals surface area contributed by atoms with Crippen molar-refractivity contribution in [1.29, 1.82) is 0 Å². The van der Waals surface area contributed by atoms with Crippen molar-refractivity contribution < 1.29 is 5.11 Å². The van der Waals surface area contributed by atoms with Crippen molar-refractivity contribution >= 4 is 11.8 Å².